The monoisotopic (exact) mass is 332 g/mol. The van der Waals surface area contributed by atoms with E-state index in [0.29, 0.717) is 17.6 Å². The topological polar surface area (TPSA) is 44.7 Å². The van der Waals surface area contributed by atoms with E-state index in [1.54, 1.807) is 6.07 Å². The van der Waals surface area contributed by atoms with Gasteiger partial charge in [0.25, 0.3) is 0 Å². The highest BCUT2D eigenvalue weighted by Crippen LogP contribution is 2.22. The molecule has 1 aromatic carbocycles. The van der Waals surface area contributed by atoms with Crippen LogP contribution >= 0.6 is 15.9 Å². The van der Waals surface area contributed by atoms with Gasteiger partial charge in [-0.3, -0.25) is 4.90 Å². The van der Waals surface area contributed by atoms with Crippen LogP contribution in [0, 0.1) is 5.82 Å². The Hall–Kier alpha value is -0.690. The molecule has 0 amide bonds. The van der Waals surface area contributed by atoms with E-state index in [1.807, 2.05) is 0 Å². The molecule has 0 spiro atoms. The van der Waals surface area contributed by atoms with E-state index in [0.717, 1.165) is 32.0 Å². The molecule has 1 heterocycles. The molecule has 6 heteroatoms. The van der Waals surface area contributed by atoms with E-state index in [-0.39, 0.29) is 5.82 Å². The lowest BCUT2D eigenvalue weighted by Gasteiger charge is -2.28. The number of aliphatic hydroxyl groups excluding tert-OH is 1. The summed E-state index contributed by atoms with van der Waals surface area (Å²) in [6.45, 7) is 4.22. The van der Waals surface area contributed by atoms with Crippen molar-refractivity contribution >= 4 is 21.6 Å². The molecule has 0 bridgehead atoms. The van der Waals surface area contributed by atoms with Crippen molar-refractivity contribution in [3.8, 4) is 0 Å². The first kappa shape index (κ1) is 14.7. The summed E-state index contributed by atoms with van der Waals surface area (Å²) in [7, 11) is 0. The summed E-state index contributed by atoms with van der Waals surface area (Å²) in [6, 6.07) is 4.44. The van der Waals surface area contributed by atoms with Gasteiger partial charge in [-0.15, -0.1) is 0 Å². The molecule has 1 aromatic rings. The fourth-order valence-corrected chi connectivity index (χ4v) is 2.50. The zero-order valence-corrected chi connectivity index (χ0v) is 12.2. The molecule has 4 nitrogen and oxygen atoms in total. The Kier molecular flexibility index (Phi) is 5.57. The van der Waals surface area contributed by atoms with Crippen molar-refractivity contribution in [2.24, 2.45) is 0 Å². The molecule has 2 N–H and O–H groups in total. The summed E-state index contributed by atoms with van der Waals surface area (Å²) in [5, 5.41) is 13.1. The molecule has 106 valence electrons. The Balaban J connectivity index is 1.77. The second kappa shape index (κ2) is 7.19. The SMILES string of the molecule is OC(CNc1ccc(F)cc1Br)CN1CCOCC1. The highest BCUT2D eigenvalue weighted by atomic mass is 79.9. The fraction of sp³-hybridized carbons (Fsp3) is 0.538. The Morgan fingerprint density at radius 2 is 2.16 bits per heavy atom. The van der Waals surface area contributed by atoms with Gasteiger partial charge in [-0.05, 0) is 34.1 Å². The van der Waals surface area contributed by atoms with E-state index in [2.05, 4.69) is 26.1 Å². The molecule has 0 radical (unpaired) electrons. The van der Waals surface area contributed by atoms with Crippen molar-refractivity contribution in [2.45, 2.75) is 6.10 Å². The van der Waals surface area contributed by atoms with Crippen molar-refractivity contribution in [1.29, 1.82) is 0 Å². The number of aliphatic hydroxyl groups is 1. The minimum Gasteiger partial charge on any atom is -0.390 e. The third kappa shape index (κ3) is 4.72. The lowest BCUT2D eigenvalue weighted by molar-refractivity contribution is 0.0171. The third-order valence-electron chi connectivity index (χ3n) is 3.03. The Labute approximate surface area is 120 Å². The predicted octanol–water partition coefficient (Wildman–Crippen LogP) is 1.69. The van der Waals surface area contributed by atoms with Gasteiger partial charge in [-0.2, -0.15) is 0 Å². The minimum absolute atomic E-state index is 0.286. The quantitative estimate of drug-likeness (QED) is 0.861. The van der Waals surface area contributed by atoms with E-state index >= 15 is 0 Å². The van der Waals surface area contributed by atoms with Gasteiger partial charge < -0.3 is 15.2 Å². The first-order chi connectivity index (χ1) is 9.15. The van der Waals surface area contributed by atoms with Gasteiger partial charge in [-0.1, -0.05) is 0 Å². The van der Waals surface area contributed by atoms with Gasteiger partial charge in [0, 0.05) is 36.3 Å². The van der Waals surface area contributed by atoms with Crippen LogP contribution in [0.3, 0.4) is 0 Å². The number of hydrogen-bond acceptors (Lipinski definition) is 4. The minimum atomic E-state index is -0.463. The first-order valence-electron chi connectivity index (χ1n) is 6.32. The van der Waals surface area contributed by atoms with Crippen molar-refractivity contribution in [3.05, 3.63) is 28.5 Å². The van der Waals surface area contributed by atoms with Crippen LogP contribution in [-0.4, -0.2) is 55.5 Å². The molecule has 0 saturated carbocycles. The standard InChI is InChI=1S/C13H18BrFN2O2/c14-12-7-10(15)1-2-13(12)16-8-11(18)9-17-3-5-19-6-4-17/h1-2,7,11,16,18H,3-6,8-9H2. The van der Waals surface area contributed by atoms with Crippen molar-refractivity contribution in [3.63, 3.8) is 0 Å². The second-order valence-corrected chi connectivity index (χ2v) is 5.43. The summed E-state index contributed by atoms with van der Waals surface area (Å²) in [5.41, 5.74) is 0.780. The predicted molar refractivity (Wildman–Crippen MR) is 75.9 cm³/mol. The third-order valence-corrected chi connectivity index (χ3v) is 3.69. The molecular weight excluding hydrogens is 315 g/mol. The molecule has 1 unspecified atom stereocenters. The smallest absolute Gasteiger partial charge is 0.124 e. The summed E-state index contributed by atoms with van der Waals surface area (Å²) < 4.78 is 18.8. The zero-order chi connectivity index (χ0) is 13.7. The van der Waals surface area contributed by atoms with E-state index in [4.69, 9.17) is 4.74 Å². The second-order valence-electron chi connectivity index (χ2n) is 4.57. The number of ether oxygens (including phenoxy) is 1. The lowest BCUT2D eigenvalue weighted by Crippen LogP contribution is -2.42. The van der Waals surface area contributed by atoms with Crippen LogP contribution in [-0.2, 0) is 4.74 Å². The largest absolute Gasteiger partial charge is 0.390 e. The molecule has 0 aromatic heterocycles. The maximum Gasteiger partial charge on any atom is 0.124 e. The maximum absolute atomic E-state index is 12.9. The first-order valence-corrected chi connectivity index (χ1v) is 7.11. The average Bonchev–Trinajstić information content (AvgIpc) is 2.39. The number of rotatable bonds is 5. The fourth-order valence-electron chi connectivity index (χ4n) is 2.01. The number of benzene rings is 1. The summed E-state index contributed by atoms with van der Waals surface area (Å²) >= 11 is 3.28. The normalized spacial score (nSPS) is 18.3. The zero-order valence-electron chi connectivity index (χ0n) is 10.6. The van der Waals surface area contributed by atoms with E-state index in [1.165, 1.54) is 12.1 Å². The van der Waals surface area contributed by atoms with E-state index < -0.39 is 6.10 Å². The van der Waals surface area contributed by atoms with Gasteiger partial charge in [-0.25, -0.2) is 4.39 Å². The van der Waals surface area contributed by atoms with Gasteiger partial charge in [0.05, 0.1) is 19.3 Å². The van der Waals surface area contributed by atoms with E-state index in [9.17, 15) is 9.50 Å². The number of nitrogens with one attached hydrogen (secondary N) is 1. The van der Waals surface area contributed by atoms with Crippen LogP contribution in [0.25, 0.3) is 0 Å². The Morgan fingerprint density at radius 1 is 1.42 bits per heavy atom. The summed E-state index contributed by atoms with van der Waals surface area (Å²) in [6.07, 6.45) is -0.463. The molecule has 1 saturated heterocycles. The van der Waals surface area contributed by atoms with Crippen molar-refractivity contribution in [1.82, 2.24) is 4.90 Å². The maximum atomic E-state index is 12.9. The Bertz CT molecular complexity index is 414. The van der Waals surface area contributed by atoms with Gasteiger partial charge in [0.2, 0.25) is 0 Å². The molecule has 0 aliphatic carbocycles. The molecular formula is C13H18BrFN2O2. The van der Waals surface area contributed by atoms with Crippen LogP contribution in [0.15, 0.2) is 22.7 Å². The number of halogens is 2. The van der Waals surface area contributed by atoms with Crippen LogP contribution in [0.2, 0.25) is 0 Å². The van der Waals surface area contributed by atoms with Crippen LogP contribution in [0.5, 0.6) is 0 Å². The molecule has 19 heavy (non-hydrogen) atoms. The highest BCUT2D eigenvalue weighted by Gasteiger charge is 2.14. The molecule has 2 rings (SSSR count). The molecule has 1 aliphatic rings. The molecule has 1 aliphatic heterocycles. The molecule has 1 fully saturated rings. The Morgan fingerprint density at radius 3 is 2.84 bits per heavy atom. The van der Waals surface area contributed by atoms with Crippen LogP contribution < -0.4 is 5.32 Å². The number of nitrogens with zero attached hydrogens (tertiary/aromatic N) is 1. The van der Waals surface area contributed by atoms with Crippen LogP contribution in [0.4, 0.5) is 10.1 Å². The number of morpholine rings is 1. The van der Waals surface area contributed by atoms with Crippen molar-refractivity contribution in [2.75, 3.05) is 44.7 Å². The van der Waals surface area contributed by atoms with Crippen LogP contribution in [0.1, 0.15) is 0 Å². The summed E-state index contributed by atoms with van der Waals surface area (Å²) in [5.74, 6) is -0.286. The number of β-amino-alcohol motifs (C(OH)–C–C–N with tert-alkyl or cyclic N) is 1. The summed E-state index contributed by atoms with van der Waals surface area (Å²) in [4.78, 5) is 2.18. The number of hydrogen-bond donors (Lipinski definition) is 2. The highest BCUT2D eigenvalue weighted by molar-refractivity contribution is 9.10. The average molecular weight is 333 g/mol. The van der Waals surface area contributed by atoms with Crippen molar-refractivity contribution < 1.29 is 14.2 Å². The van der Waals surface area contributed by atoms with Gasteiger partial charge in [0.1, 0.15) is 5.82 Å². The lowest BCUT2D eigenvalue weighted by atomic mass is 10.2. The van der Waals surface area contributed by atoms with Gasteiger partial charge in [0.15, 0.2) is 0 Å². The molecule has 1 atom stereocenters. The van der Waals surface area contributed by atoms with Gasteiger partial charge >= 0.3 is 0 Å². The number of anilines is 1.